The number of carboxylic acid groups (broad SMARTS) is 1. The van der Waals surface area contributed by atoms with E-state index >= 15 is 0 Å². The lowest BCUT2D eigenvalue weighted by Gasteiger charge is -2.13. The Morgan fingerprint density at radius 1 is 0.970 bits per heavy atom. The average molecular weight is 490 g/mol. The minimum Gasteiger partial charge on any atom is -0.478 e. The Labute approximate surface area is 195 Å². The number of carbonyl (C=O) groups is 2. The molecule has 172 valence electrons. The van der Waals surface area contributed by atoms with Crippen LogP contribution in [0.2, 0.25) is 5.02 Å². The van der Waals surface area contributed by atoms with Crippen molar-refractivity contribution >= 4 is 45.1 Å². The number of nitrogens with one attached hydrogen (secondary N) is 2. The molecule has 0 aliphatic rings. The first-order valence-electron chi connectivity index (χ1n) is 9.17. The average Bonchev–Trinajstić information content (AvgIpc) is 2.73. The maximum atomic E-state index is 12.9. The first kappa shape index (κ1) is 25.5. The van der Waals surface area contributed by atoms with Gasteiger partial charge in [0, 0.05) is 21.8 Å². The molecular weight excluding hydrogens is 470 g/mol. The topological polar surface area (TPSA) is 171 Å². The van der Waals surface area contributed by atoms with Crippen LogP contribution in [0.5, 0.6) is 0 Å². The number of carboxylic acids is 1. The predicted molar refractivity (Wildman–Crippen MR) is 127 cm³/mol. The van der Waals surface area contributed by atoms with Gasteiger partial charge in [0.05, 0.1) is 11.8 Å². The number of nitrogens with two attached hydrogens (primary N) is 1. The van der Waals surface area contributed by atoms with Gasteiger partial charge in [-0.2, -0.15) is 8.42 Å². The minimum atomic E-state index is -3.67. The molecule has 0 saturated carbocycles. The second-order valence-corrected chi connectivity index (χ2v) is 8.62. The van der Waals surface area contributed by atoms with Crippen molar-refractivity contribution in [1.29, 1.82) is 5.41 Å². The molecule has 0 fully saturated rings. The molecule has 11 heteroatoms. The van der Waals surface area contributed by atoms with Crippen LogP contribution >= 0.6 is 11.6 Å². The highest BCUT2D eigenvalue weighted by Gasteiger charge is 2.18. The zero-order valence-electron chi connectivity index (χ0n) is 17.2. The van der Waals surface area contributed by atoms with Crippen LogP contribution in [-0.4, -0.2) is 42.0 Å². The number of benzene rings is 3. The first-order valence-corrected chi connectivity index (χ1v) is 11.4. The van der Waals surface area contributed by atoms with Gasteiger partial charge in [0.2, 0.25) is 0 Å². The number of amides is 1. The molecule has 3 rings (SSSR count). The summed E-state index contributed by atoms with van der Waals surface area (Å²) in [4.78, 5) is 24.4. The fourth-order valence-corrected chi connectivity index (χ4v) is 2.95. The van der Waals surface area contributed by atoms with Gasteiger partial charge in [-0.1, -0.05) is 35.9 Å². The summed E-state index contributed by atoms with van der Waals surface area (Å²) in [5.74, 6) is -1.59. The lowest BCUT2D eigenvalue weighted by molar-refractivity contribution is 0.0697. The number of anilines is 1. The number of halogens is 1. The molecule has 6 N–H and O–H groups in total. The zero-order valence-corrected chi connectivity index (χ0v) is 18.8. The van der Waals surface area contributed by atoms with Crippen molar-refractivity contribution in [2.45, 2.75) is 0 Å². The van der Waals surface area contributed by atoms with Crippen LogP contribution < -0.4 is 11.1 Å². The molecule has 0 aliphatic carbocycles. The summed E-state index contributed by atoms with van der Waals surface area (Å²) in [5, 5.41) is 20.0. The first-order chi connectivity index (χ1) is 15.4. The van der Waals surface area contributed by atoms with Gasteiger partial charge in [-0.3, -0.25) is 14.8 Å². The van der Waals surface area contributed by atoms with Gasteiger partial charge >= 0.3 is 5.97 Å². The molecule has 0 heterocycles. The van der Waals surface area contributed by atoms with Gasteiger partial charge in [0.25, 0.3) is 16.0 Å². The SMILES string of the molecule is CS(=O)(=O)O.N=C(N)c1ccc(NC(=O)c2cc(Cl)ccc2-c2ccccc2C(=O)O)cc1. The van der Waals surface area contributed by atoms with E-state index in [4.69, 9.17) is 27.3 Å². The number of amidine groups is 1. The fraction of sp³-hybridized carbons (Fsp3) is 0.0455. The molecule has 0 atom stereocenters. The predicted octanol–water partition coefficient (Wildman–Crippen LogP) is 3.75. The number of carbonyl (C=O) groups excluding carboxylic acids is 1. The Morgan fingerprint density at radius 2 is 1.52 bits per heavy atom. The van der Waals surface area contributed by atoms with Crippen molar-refractivity contribution in [2.24, 2.45) is 5.73 Å². The van der Waals surface area contributed by atoms with Crippen LogP contribution in [0.3, 0.4) is 0 Å². The zero-order chi connectivity index (χ0) is 24.8. The molecule has 33 heavy (non-hydrogen) atoms. The highest BCUT2D eigenvalue weighted by Crippen LogP contribution is 2.30. The summed E-state index contributed by atoms with van der Waals surface area (Å²) in [7, 11) is -3.67. The van der Waals surface area contributed by atoms with Crippen molar-refractivity contribution in [1.82, 2.24) is 0 Å². The quantitative estimate of drug-likeness (QED) is 0.206. The highest BCUT2D eigenvalue weighted by molar-refractivity contribution is 7.85. The lowest BCUT2D eigenvalue weighted by Crippen LogP contribution is -2.15. The molecule has 0 spiro atoms. The molecule has 0 bridgehead atoms. The van der Waals surface area contributed by atoms with Crippen molar-refractivity contribution in [3.8, 4) is 11.1 Å². The van der Waals surface area contributed by atoms with Crippen LogP contribution in [0.1, 0.15) is 26.3 Å². The van der Waals surface area contributed by atoms with Gasteiger partial charge in [-0.15, -0.1) is 0 Å². The van der Waals surface area contributed by atoms with Gasteiger partial charge in [0.1, 0.15) is 5.84 Å². The summed E-state index contributed by atoms with van der Waals surface area (Å²) >= 11 is 6.08. The van der Waals surface area contributed by atoms with Crippen molar-refractivity contribution < 1.29 is 27.7 Å². The summed E-state index contributed by atoms with van der Waals surface area (Å²) < 4.78 is 25.9. The Kier molecular flexibility index (Phi) is 8.30. The van der Waals surface area contributed by atoms with E-state index in [-0.39, 0.29) is 17.0 Å². The van der Waals surface area contributed by atoms with Crippen molar-refractivity contribution in [3.63, 3.8) is 0 Å². The summed E-state index contributed by atoms with van der Waals surface area (Å²) in [6.07, 6.45) is 0.715. The van der Waals surface area contributed by atoms with Crippen LogP contribution in [0.25, 0.3) is 11.1 Å². The molecule has 3 aromatic carbocycles. The molecule has 9 nitrogen and oxygen atoms in total. The van der Waals surface area contributed by atoms with E-state index in [1.165, 1.54) is 12.1 Å². The van der Waals surface area contributed by atoms with Crippen LogP contribution in [0, 0.1) is 5.41 Å². The van der Waals surface area contributed by atoms with E-state index in [0.29, 0.717) is 33.7 Å². The third kappa shape index (κ3) is 7.72. The van der Waals surface area contributed by atoms with Crippen molar-refractivity contribution in [3.05, 3.63) is 88.4 Å². The second kappa shape index (κ2) is 10.7. The van der Waals surface area contributed by atoms with E-state index in [2.05, 4.69) is 5.32 Å². The Bertz CT molecular complexity index is 1300. The van der Waals surface area contributed by atoms with Gasteiger partial charge in [0.15, 0.2) is 0 Å². The number of hydrogen-bond donors (Lipinski definition) is 5. The molecular formula is C22H20ClN3O6S. The standard InChI is InChI=1S/C21H16ClN3O3.CH4O3S/c22-13-7-10-16(15-3-1-2-4-17(15)21(27)28)18(11-13)20(26)25-14-8-5-12(6-9-14)19(23)24;1-5(2,3)4/h1-11H,(H3,23,24)(H,25,26)(H,27,28);1H3,(H,2,3,4). The van der Waals surface area contributed by atoms with Crippen LogP contribution in [0.4, 0.5) is 5.69 Å². The monoisotopic (exact) mass is 489 g/mol. The van der Waals surface area contributed by atoms with E-state index < -0.39 is 22.0 Å². The van der Waals surface area contributed by atoms with E-state index in [1.807, 2.05) is 0 Å². The fourth-order valence-electron chi connectivity index (χ4n) is 2.78. The Balaban J connectivity index is 0.000000696. The normalized spacial score (nSPS) is 10.5. The molecule has 0 unspecified atom stereocenters. The molecule has 0 aromatic heterocycles. The van der Waals surface area contributed by atoms with E-state index in [9.17, 15) is 23.1 Å². The Morgan fingerprint density at radius 3 is 2.06 bits per heavy atom. The maximum Gasteiger partial charge on any atom is 0.336 e. The Hall–Kier alpha value is -3.73. The molecule has 0 radical (unpaired) electrons. The van der Waals surface area contributed by atoms with Gasteiger partial charge in [-0.25, -0.2) is 4.79 Å². The third-order valence-electron chi connectivity index (χ3n) is 4.13. The number of aromatic carboxylic acids is 1. The summed E-state index contributed by atoms with van der Waals surface area (Å²) in [5.41, 5.74) is 7.69. The minimum absolute atomic E-state index is 0.0692. The van der Waals surface area contributed by atoms with Gasteiger partial charge < -0.3 is 16.2 Å². The molecule has 0 saturated heterocycles. The molecule has 0 aliphatic heterocycles. The van der Waals surface area contributed by atoms with Crippen LogP contribution in [0.15, 0.2) is 66.7 Å². The summed E-state index contributed by atoms with van der Waals surface area (Å²) in [6.45, 7) is 0. The maximum absolute atomic E-state index is 12.9. The third-order valence-corrected chi connectivity index (χ3v) is 4.36. The number of rotatable bonds is 5. The lowest BCUT2D eigenvalue weighted by atomic mass is 9.95. The van der Waals surface area contributed by atoms with Crippen molar-refractivity contribution in [2.75, 3.05) is 11.6 Å². The van der Waals surface area contributed by atoms with Gasteiger partial charge in [-0.05, 0) is 53.6 Å². The number of nitrogen functional groups attached to an aromatic ring is 1. The van der Waals surface area contributed by atoms with E-state index in [1.54, 1.807) is 54.6 Å². The van der Waals surface area contributed by atoms with E-state index in [0.717, 1.165) is 0 Å². The summed E-state index contributed by atoms with van der Waals surface area (Å²) in [6, 6.07) is 17.7. The largest absolute Gasteiger partial charge is 0.478 e. The highest BCUT2D eigenvalue weighted by atomic mass is 35.5. The molecule has 3 aromatic rings. The smallest absolute Gasteiger partial charge is 0.336 e. The second-order valence-electron chi connectivity index (χ2n) is 6.72. The number of hydrogen-bond acceptors (Lipinski definition) is 5. The molecule has 1 amide bonds. The van der Waals surface area contributed by atoms with Crippen LogP contribution in [-0.2, 0) is 10.1 Å².